The SMILES string of the molecule is COc1cc(C)c(CCNCNN)cc1OC. The number of rotatable bonds is 7. The minimum atomic E-state index is 0.604. The zero-order valence-corrected chi connectivity index (χ0v) is 10.7. The number of hydrazine groups is 1. The van der Waals surface area contributed by atoms with Gasteiger partial charge in [-0.2, -0.15) is 0 Å². The van der Waals surface area contributed by atoms with Crippen LogP contribution in [0.4, 0.5) is 0 Å². The molecule has 1 aromatic carbocycles. The fourth-order valence-electron chi connectivity index (χ4n) is 1.68. The lowest BCUT2D eigenvalue weighted by Gasteiger charge is -2.13. The predicted octanol–water partition coefficient (Wildman–Crippen LogP) is 0.565. The summed E-state index contributed by atoms with van der Waals surface area (Å²) in [6.07, 6.45) is 0.924. The highest BCUT2D eigenvalue weighted by atomic mass is 16.5. The van der Waals surface area contributed by atoms with Crippen molar-refractivity contribution in [3.8, 4) is 11.5 Å². The maximum atomic E-state index is 5.28. The molecule has 0 bridgehead atoms. The summed E-state index contributed by atoms with van der Waals surface area (Å²) in [7, 11) is 3.29. The van der Waals surface area contributed by atoms with Crippen LogP contribution in [0.2, 0.25) is 0 Å². The van der Waals surface area contributed by atoms with Crippen molar-refractivity contribution in [3.63, 3.8) is 0 Å². The Kier molecular flexibility index (Phi) is 5.76. The molecule has 0 aliphatic rings. The molecule has 1 rings (SSSR count). The van der Waals surface area contributed by atoms with Crippen LogP contribution in [0.1, 0.15) is 11.1 Å². The number of hydrogen-bond donors (Lipinski definition) is 3. The predicted molar refractivity (Wildman–Crippen MR) is 68.2 cm³/mol. The summed E-state index contributed by atoms with van der Waals surface area (Å²) < 4.78 is 10.5. The molecule has 4 N–H and O–H groups in total. The van der Waals surface area contributed by atoms with Gasteiger partial charge in [-0.15, -0.1) is 0 Å². The molecule has 0 heterocycles. The number of methoxy groups -OCH3 is 2. The van der Waals surface area contributed by atoms with Crippen molar-refractivity contribution in [1.82, 2.24) is 10.7 Å². The summed E-state index contributed by atoms with van der Waals surface area (Å²) in [5.74, 6) is 6.71. The van der Waals surface area contributed by atoms with Gasteiger partial charge in [0.2, 0.25) is 0 Å². The van der Waals surface area contributed by atoms with Gasteiger partial charge in [-0.1, -0.05) is 0 Å². The minimum Gasteiger partial charge on any atom is -0.493 e. The molecule has 0 saturated heterocycles. The van der Waals surface area contributed by atoms with E-state index in [0.29, 0.717) is 6.67 Å². The Bertz CT molecular complexity index is 356. The van der Waals surface area contributed by atoms with Crippen LogP contribution in [0.15, 0.2) is 12.1 Å². The van der Waals surface area contributed by atoms with Gasteiger partial charge in [-0.05, 0) is 36.6 Å². The zero-order chi connectivity index (χ0) is 12.7. The normalized spacial score (nSPS) is 10.4. The summed E-state index contributed by atoms with van der Waals surface area (Å²) >= 11 is 0. The van der Waals surface area contributed by atoms with E-state index in [1.54, 1.807) is 14.2 Å². The van der Waals surface area contributed by atoms with Gasteiger partial charge in [0.25, 0.3) is 0 Å². The van der Waals surface area contributed by atoms with E-state index in [4.69, 9.17) is 15.3 Å². The van der Waals surface area contributed by atoms with Gasteiger partial charge >= 0.3 is 0 Å². The average molecular weight is 239 g/mol. The molecule has 0 saturated carbocycles. The van der Waals surface area contributed by atoms with E-state index in [1.165, 1.54) is 11.1 Å². The molecular weight excluding hydrogens is 218 g/mol. The molecule has 96 valence electrons. The zero-order valence-electron chi connectivity index (χ0n) is 10.7. The van der Waals surface area contributed by atoms with Crippen molar-refractivity contribution in [3.05, 3.63) is 23.3 Å². The second-order valence-corrected chi connectivity index (χ2v) is 3.76. The van der Waals surface area contributed by atoms with Crippen LogP contribution in [-0.2, 0) is 6.42 Å². The third-order valence-corrected chi connectivity index (χ3v) is 2.64. The van der Waals surface area contributed by atoms with Crippen LogP contribution in [-0.4, -0.2) is 27.4 Å². The van der Waals surface area contributed by atoms with Gasteiger partial charge in [0, 0.05) is 6.54 Å². The van der Waals surface area contributed by atoms with Gasteiger partial charge in [0.15, 0.2) is 11.5 Å². The van der Waals surface area contributed by atoms with E-state index in [-0.39, 0.29) is 0 Å². The maximum Gasteiger partial charge on any atom is 0.161 e. The molecule has 0 aliphatic heterocycles. The Morgan fingerprint density at radius 1 is 1.18 bits per heavy atom. The number of benzene rings is 1. The molecule has 0 radical (unpaired) electrons. The van der Waals surface area contributed by atoms with Gasteiger partial charge in [-0.25, -0.2) is 5.43 Å². The highest BCUT2D eigenvalue weighted by Gasteiger charge is 2.07. The number of aryl methyl sites for hydroxylation is 1. The second-order valence-electron chi connectivity index (χ2n) is 3.76. The first-order chi connectivity index (χ1) is 8.22. The van der Waals surface area contributed by atoms with Crippen molar-refractivity contribution in [2.75, 3.05) is 27.4 Å². The molecule has 1 aromatic rings. The molecule has 5 nitrogen and oxygen atoms in total. The Hall–Kier alpha value is -1.30. The highest BCUT2D eigenvalue weighted by molar-refractivity contribution is 5.47. The standard InChI is InChI=1S/C12H21N3O2/c1-9-6-11(16-2)12(17-3)7-10(9)4-5-14-8-15-13/h6-7,14-15H,4-5,8,13H2,1-3H3. The first-order valence-electron chi connectivity index (χ1n) is 5.58. The number of hydrogen-bond acceptors (Lipinski definition) is 5. The highest BCUT2D eigenvalue weighted by Crippen LogP contribution is 2.30. The second kappa shape index (κ2) is 7.11. The first-order valence-corrected chi connectivity index (χ1v) is 5.58. The maximum absolute atomic E-state index is 5.28. The van der Waals surface area contributed by atoms with Crippen molar-refractivity contribution in [2.24, 2.45) is 5.84 Å². The van der Waals surface area contributed by atoms with Crippen LogP contribution in [0.25, 0.3) is 0 Å². The molecular formula is C12H21N3O2. The van der Waals surface area contributed by atoms with E-state index < -0.39 is 0 Å². The van der Waals surface area contributed by atoms with Gasteiger partial charge in [0.1, 0.15) is 0 Å². The lowest BCUT2D eigenvalue weighted by Crippen LogP contribution is -2.34. The van der Waals surface area contributed by atoms with Crippen LogP contribution in [0, 0.1) is 6.92 Å². The molecule has 5 heteroatoms. The van der Waals surface area contributed by atoms with E-state index >= 15 is 0 Å². The van der Waals surface area contributed by atoms with E-state index in [9.17, 15) is 0 Å². The summed E-state index contributed by atoms with van der Waals surface area (Å²) in [5, 5.41) is 3.17. The molecule has 0 aromatic heterocycles. The fourth-order valence-corrected chi connectivity index (χ4v) is 1.68. The van der Waals surface area contributed by atoms with Crippen molar-refractivity contribution in [2.45, 2.75) is 13.3 Å². The monoisotopic (exact) mass is 239 g/mol. The molecule has 0 atom stereocenters. The topological polar surface area (TPSA) is 68.5 Å². The molecule has 0 spiro atoms. The van der Waals surface area contributed by atoms with Crippen LogP contribution in [0.5, 0.6) is 11.5 Å². The van der Waals surface area contributed by atoms with Gasteiger partial charge < -0.3 is 14.8 Å². The first kappa shape index (κ1) is 13.8. The van der Waals surface area contributed by atoms with E-state index in [0.717, 1.165) is 24.5 Å². The van der Waals surface area contributed by atoms with Crippen molar-refractivity contribution < 1.29 is 9.47 Å². The number of nitrogens with two attached hydrogens (primary N) is 1. The van der Waals surface area contributed by atoms with Gasteiger partial charge in [-0.3, -0.25) is 5.84 Å². The summed E-state index contributed by atoms with van der Waals surface area (Å²) in [5.41, 5.74) is 5.00. The number of ether oxygens (including phenoxy) is 2. The van der Waals surface area contributed by atoms with Gasteiger partial charge in [0.05, 0.1) is 20.9 Å². The summed E-state index contributed by atoms with van der Waals surface area (Å²) in [6, 6.07) is 4.01. The number of nitrogens with one attached hydrogen (secondary N) is 2. The minimum absolute atomic E-state index is 0.604. The molecule has 0 amide bonds. The fraction of sp³-hybridized carbons (Fsp3) is 0.500. The lowest BCUT2D eigenvalue weighted by molar-refractivity contribution is 0.354. The van der Waals surface area contributed by atoms with Crippen LogP contribution >= 0.6 is 0 Å². The Balaban J connectivity index is 2.71. The van der Waals surface area contributed by atoms with Crippen LogP contribution in [0.3, 0.4) is 0 Å². The third kappa shape index (κ3) is 3.89. The average Bonchev–Trinajstić information content (AvgIpc) is 2.35. The third-order valence-electron chi connectivity index (χ3n) is 2.64. The Morgan fingerprint density at radius 2 is 1.82 bits per heavy atom. The molecule has 0 fully saturated rings. The smallest absolute Gasteiger partial charge is 0.161 e. The van der Waals surface area contributed by atoms with Crippen molar-refractivity contribution >= 4 is 0 Å². The summed E-state index contributed by atoms with van der Waals surface area (Å²) in [6.45, 7) is 3.53. The molecule has 0 unspecified atom stereocenters. The molecule has 0 aliphatic carbocycles. The Labute approximate surface area is 102 Å². The lowest BCUT2D eigenvalue weighted by atomic mass is 10.0. The van der Waals surface area contributed by atoms with Crippen molar-refractivity contribution in [1.29, 1.82) is 0 Å². The van der Waals surface area contributed by atoms with E-state index in [1.807, 2.05) is 12.1 Å². The van der Waals surface area contributed by atoms with E-state index in [2.05, 4.69) is 17.7 Å². The quantitative estimate of drug-likeness (QED) is 0.281. The summed E-state index contributed by atoms with van der Waals surface area (Å²) in [4.78, 5) is 0. The Morgan fingerprint density at radius 3 is 2.41 bits per heavy atom. The van der Waals surface area contributed by atoms with Crippen LogP contribution < -0.4 is 26.1 Å². The largest absolute Gasteiger partial charge is 0.493 e. The molecule has 17 heavy (non-hydrogen) atoms.